The predicted octanol–water partition coefficient (Wildman–Crippen LogP) is 2.59. The highest BCUT2D eigenvalue weighted by molar-refractivity contribution is 9.10. The number of rotatable bonds is 5. The van der Waals surface area contributed by atoms with E-state index in [2.05, 4.69) is 31.1 Å². The molecule has 4 rings (SSSR count). The van der Waals surface area contributed by atoms with Gasteiger partial charge in [-0.2, -0.15) is 0 Å². The molecule has 0 radical (unpaired) electrons. The third kappa shape index (κ3) is 4.49. The van der Waals surface area contributed by atoms with E-state index in [1.54, 1.807) is 12.1 Å². The van der Waals surface area contributed by atoms with Gasteiger partial charge in [-0.3, -0.25) is 4.79 Å². The number of carbonyl (C=O) groups excluding carboxylic acids is 2. The lowest BCUT2D eigenvalue weighted by Gasteiger charge is -2.36. The van der Waals surface area contributed by atoms with Crippen LogP contribution in [0.25, 0.3) is 10.9 Å². The van der Waals surface area contributed by atoms with Crippen molar-refractivity contribution in [2.75, 3.05) is 43.5 Å². The maximum Gasteiger partial charge on any atom is 0.356 e. The molecule has 3 aromatic rings. The van der Waals surface area contributed by atoms with Crippen molar-refractivity contribution in [1.29, 1.82) is 0 Å². The highest BCUT2D eigenvalue weighted by Gasteiger charge is 2.31. The minimum Gasteiger partial charge on any atom is -0.464 e. The van der Waals surface area contributed by atoms with Crippen LogP contribution in [0.4, 0.5) is 15.8 Å². The van der Waals surface area contributed by atoms with Crippen molar-refractivity contribution in [3.05, 3.63) is 58.4 Å². The monoisotopic (exact) mass is 503 g/mol. The van der Waals surface area contributed by atoms with Crippen LogP contribution in [0.5, 0.6) is 0 Å². The number of fused-ring (bicyclic) bond motifs is 1. The molecular weight excluding hydrogens is 479 g/mol. The first kappa shape index (κ1) is 22.3. The summed E-state index contributed by atoms with van der Waals surface area (Å²) in [4.78, 5) is 31.8. The second-order valence-corrected chi connectivity index (χ2v) is 8.80. The number of carbonyl (C=O) groups is 2. The number of quaternary nitrogens is 1. The predicted molar refractivity (Wildman–Crippen MR) is 125 cm³/mol. The highest BCUT2D eigenvalue weighted by Crippen LogP contribution is 2.31. The molecule has 2 aromatic carbocycles. The second kappa shape index (κ2) is 9.30. The van der Waals surface area contributed by atoms with Gasteiger partial charge in [-0.05, 0) is 49.4 Å². The third-order valence-electron chi connectivity index (χ3n) is 6.00. The molecule has 168 valence electrons. The Morgan fingerprint density at radius 1 is 1.19 bits per heavy atom. The van der Waals surface area contributed by atoms with Crippen LogP contribution < -0.4 is 15.1 Å². The number of hydrogen-bond donors (Lipinski definition) is 3. The summed E-state index contributed by atoms with van der Waals surface area (Å²) in [5, 5.41) is 3.69. The zero-order valence-corrected chi connectivity index (χ0v) is 19.5. The number of amides is 1. The number of benzene rings is 2. The molecule has 1 aliphatic heterocycles. The summed E-state index contributed by atoms with van der Waals surface area (Å²) in [6, 6.07) is 11.7. The van der Waals surface area contributed by atoms with Gasteiger partial charge in [-0.25, -0.2) is 9.18 Å². The van der Waals surface area contributed by atoms with Crippen LogP contribution in [0.15, 0.2) is 46.9 Å². The first-order valence-electron chi connectivity index (χ1n) is 10.4. The summed E-state index contributed by atoms with van der Waals surface area (Å²) in [6.07, 6.45) is 0. The second-order valence-electron chi connectivity index (χ2n) is 7.89. The van der Waals surface area contributed by atoms with E-state index < -0.39 is 5.97 Å². The summed E-state index contributed by atoms with van der Waals surface area (Å²) < 4.78 is 18.9. The van der Waals surface area contributed by atoms with E-state index in [9.17, 15) is 14.0 Å². The molecule has 32 heavy (non-hydrogen) atoms. The zero-order chi connectivity index (χ0) is 22.8. The number of H-pyrrole nitrogens is 1. The Morgan fingerprint density at radius 2 is 1.88 bits per heavy atom. The Morgan fingerprint density at radius 3 is 2.53 bits per heavy atom. The van der Waals surface area contributed by atoms with E-state index in [0.29, 0.717) is 5.69 Å². The summed E-state index contributed by atoms with van der Waals surface area (Å²) in [6.45, 7) is 4.98. The fourth-order valence-electron chi connectivity index (χ4n) is 4.10. The normalized spacial score (nSPS) is 15.6. The molecule has 1 fully saturated rings. The van der Waals surface area contributed by atoms with E-state index in [1.807, 2.05) is 25.1 Å². The zero-order valence-electron chi connectivity index (χ0n) is 17.9. The average molecular weight is 504 g/mol. The number of nitrogens with one attached hydrogen (secondary N) is 3. The Bertz CT molecular complexity index is 1140. The fraction of sp³-hybridized carbons (Fsp3) is 0.304. The topological polar surface area (TPSA) is 78.9 Å². The van der Waals surface area contributed by atoms with E-state index in [0.717, 1.165) is 52.1 Å². The molecule has 0 unspecified atom stereocenters. The van der Waals surface area contributed by atoms with Crippen molar-refractivity contribution in [2.45, 2.75) is 13.0 Å². The lowest BCUT2D eigenvalue weighted by atomic mass is 10.1. The summed E-state index contributed by atoms with van der Waals surface area (Å²) in [7, 11) is 1.31. The summed E-state index contributed by atoms with van der Waals surface area (Å²) in [5.74, 6) is -0.958. The van der Waals surface area contributed by atoms with Crippen LogP contribution in [0.1, 0.15) is 17.4 Å². The van der Waals surface area contributed by atoms with Crippen molar-refractivity contribution in [3.63, 3.8) is 0 Å². The Labute approximate surface area is 193 Å². The molecule has 9 heteroatoms. The van der Waals surface area contributed by atoms with Crippen LogP contribution in [0.2, 0.25) is 0 Å². The van der Waals surface area contributed by atoms with Crippen molar-refractivity contribution < 1.29 is 23.6 Å². The number of piperazine rings is 1. The van der Waals surface area contributed by atoms with Gasteiger partial charge in [0.1, 0.15) is 11.5 Å². The maximum atomic E-state index is 13.2. The SMILES string of the molecule is COC(=O)c1[nH]c2ccc(Br)cc2c1NC(=O)[C@H](C)[NH+]1CCN(c2ccc(F)cc2)CC1. The standard InChI is InChI=1S/C23H24BrFN4O3/c1-14(28-9-11-29(12-10-28)17-6-4-16(25)5-7-17)22(30)27-20-18-13-15(24)3-8-19(18)26-21(20)23(31)32-2/h3-8,13-14,26H,9-12H2,1-2H3,(H,27,30)/p+1/t14-/m0/s1. The number of anilines is 2. The number of aromatic amines is 1. The van der Waals surface area contributed by atoms with Gasteiger partial charge in [0, 0.05) is 21.1 Å². The first-order chi connectivity index (χ1) is 15.4. The van der Waals surface area contributed by atoms with E-state index in [4.69, 9.17) is 4.74 Å². The Hall–Kier alpha value is -2.91. The van der Waals surface area contributed by atoms with Crippen molar-refractivity contribution >= 4 is 50.1 Å². The van der Waals surface area contributed by atoms with Gasteiger partial charge < -0.3 is 24.8 Å². The first-order valence-corrected chi connectivity index (χ1v) is 11.2. The number of nitrogens with zero attached hydrogens (tertiary/aromatic N) is 1. The van der Waals surface area contributed by atoms with Crippen LogP contribution in [0, 0.1) is 5.82 Å². The van der Waals surface area contributed by atoms with Gasteiger partial charge in [-0.15, -0.1) is 0 Å². The average Bonchev–Trinajstić information content (AvgIpc) is 3.16. The van der Waals surface area contributed by atoms with Gasteiger partial charge in [0.25, 0.3) is 5.91 Å². The Kier molecular flexibility index (Phi) is 6.48. The minimum absolute atomic E-state index is 0.165. The molecule has 0 spiro atoms. The minimum atomic E-state index is -0.541. The molecular formula is C23H25BrFN4O3+. The van der Waals surface area contributed by atoms with Crippen molar-refractivity contribution in [1.82, 2.24) is 4.98 Å². The molecule has 0 aliphatic carbocycles. The van der Waals surface area contributed by atoms with Crippen molar-refractivity contribution in [2.24, 2.45) is 0 Å². The van der Waals surface area contributed by atoms with Gasteiger partial charge in [0.15, 0.2) is 6.04 Å². The summed E-state index contributed by atoms with van der Waals surface area (Å²) >= 11 is 3.44. The number of esters is 1. The number of aromatic nitrogens is 1. The molecule has 1 aromatic heterocycles. The van der Waals surface area contributed by atoms with E-state index in [-0.39, 0.29) is 23.5 Å². The summed E-state index contributed by atoms with van der Waals surface area (Å²) in [5.41, 5.74) is 2.36. The van der Waals surface area contributed by atoms with Crippen LogP contribution in [-0.2, 0) is 9.53 Å². The van der Waals surface area contributed by atoms with Gasteiger partial charge >= 0.3 is 5.97 Å². The van der Waals surface area contributed by atoms with Crippen molar-refractivity contribution in [3.8, 4) is 0 Å². The third-order valence-corrected chi connectivity index (χ3v) is 6.49. The van der Waals surface area contributed by atoms with Gasteiger partial charge in [0.05, 0.1) is 39.0 Å². The molecule has 1 atom stereocenters. The van der Waals surface area contributed by atoms with E-state index >= 15 is 0 Å². The molecule has 0 saturated carbocycles. The molecule has 1 saturated heterocycles. The molecule has 3 N–H and O–H groups in total. The molecule has 1 aliphatic rings. The number of ether oxygens (including phenoxy) is 1. The molecule has 0 bridgehead atoms. The maximum absolute atomic E-state index is 13.2. The van der Waals surface area contributed by atoms with E-state index in [1.165, 1.54) is 19.2 Å². The quantitative estimate of drug-likeness (QED) is 0.467. The molecule has 7 nitrogen and oxygen atoms in total. The molecule has 1 amide bonds. The number of methoxy groups -OCH3 is 1. The number of halogens is 2. The molecule has 2 heterocycles. The number of hydrogen-bond acceptors (Lipinski definition) is 4. The van der Waals surface area contributed by atoms with Gasteiger partial charge in [0.2, 0.25) is 0 Å². The smallest absolute Gasteiger partial charge is 0.356 e. The van der Waals surface area contributed by atoms with Crippen LogP contribution in [-0.4, -0.2) is 56.2 Å². The fourth-order valence-corrected chi connectivity index (χ4v) is 4.46. The largest absolute Gasteiger partial charge is 0.464 e. The Balaban J connectivity index is 1.47. The highest BCUT2D eigenvalue weighted by atomic mass is 79.9. The van der Waals surface area contributed by atoms with Crippen LogP contribution in [0.3, 0.4) is 0 Å². The lowest BCUT2D eigenvalue weighted by Crippen LogP contribution is -3.19. The van der Waals surface area contributed by atoms with Gasteiger partial charge in [-0.1, -0.05) is 15.9 Å². The lowest BCUT2D eigenvalue weighted by molar-refractivity contribution is -0.914. The van der Waals surface area contributed by atoms with Crippen LogP contribution >= 0.6 is 15.9 Å².